The van der Waals surface area contributed by atoms with Crippen molar-refractivity contribution < 1.29 is 14.4 Å². The van der Waals surface area contributed by atoms with Crippen LogP contribution in [0, 0.1) is 12.8 Å². The highest BCUT2D eigenvalue weighted by molar-refractivity contribution is 6.33. The van der Waals surface area contributed by atoms with Gasteiger partial charge < -0.3 is 16.0 Å². The van der Waals surface area contributed by atoms with Gasteiger partial charge in [0.15, 0.2) is 0 Å². The summed E-state index contributed by atoms with van der Waals surface area (Å²) in [6.07, 6.45) is 0. The normalized spacial score (nSPS) is 11.6. The average Bonchev–Trinajstić information content (AvgIpc) is 2.66. The minimum Gasteiger partial charge on any atom is -0.355 e. The first-order valence-electron chi connectivity index (χ1n) is 8.93. The molecule has 0 bridgehead atoms. The van der Waals surface area contributed by atoms with E-state index >= 15 is 0 Å². The van der Waals surface area contributed by atoms with Crippen LogP contribution in [0.25, 0.3) is 0 Å². The van der Waals surface area contributed by atoms with E-state index in [4.69, 9.17) is 11.6 Å². The van der Waals surface area contributed by atoms with Gasteiger partial charge in [-0.25, -0.2) is 0 Å². The van der Waals surface area contributed by atoms with Crippen molar-refractivity contribution in [1.82, 2.24) is 10.6 Å². The quantitative estimate of drug-likeness (QED) is 0.693. The largest absolute Gasteiger partial charge is 0.355 e. The molecule has 148 valence electrons. The van der Waals surface area contributed by atoms with Crippen LogP contribution in [0.15, 0.2) is 42.5 Å². The third kappa shape index (κ3) is 5.10. The van der Waals surface area contributed by atoms with E-state index in [9.17, 15) is 14.4 Å². The summed E-state index contributed by atoms with van der Waals surface area (Å²) in [4.78, 5) is 37.1. The van der Waals surface area contributed by atoms with Gasteiger partial charge in [0, 0.05) is 18.3 Å². The van der Waals surface area contributed by atoms with Gasteiger partial charge in [0.25, 0.3) is 11.8 Å². The molecule has 0 aliphatic rings. The Morgan fingerprint density at radius 3 is 2.25 bits per heavy atom. The van der Waals surface area contributed by atoms with E-state index in [2.05, 4.69) is 16.0 Å². The van der Waals surface area contributed by atoms with Crippen LogP contribution in [-0.2, 0) is 4.79 Å². The Bertz CT molecular complexity index is 896. The van der Waals surface area contributed by atoms with Crippen molar-refractivity contribution in [2.75, 3.05) is 12.4 Å². The lowest BCUT2D eigenvalue weighted by Crippen LogP contribution is -2.47. The molecule has 2 rings (SSSR count). The summed E-state index contributed by atoms with van der Waals surface area (Å²) in [6, 6.07) is 10.9. The summed E-state index contributed by atoms with van der Waals surface area (Å²) in [6.45, 7) is 5.49. The number of aryl methyl sites for hydroxylation is 1. The lowest BCUT2D eigenvalue weighted by molar-refractivity contribution is -0.118. The summed E-state index contributed by atoms with van der Waals surface area (Å²) in [5.41, 5.74) is 2.14. The molecule has 1 atom stereocenters. The summed E-state index contributed by atoms with van der Waals surface area (Å²) >= 11 is 6.07. The zero-order chi connectivity index (χ0) is 20.8. The van der Waals surface area contributed by atoms with Crippen molar-refractivity contribution in [3.63, 3.8) is 0 Å². The van der Waals surface area contributed by atoms with Crippen LogP contribution in [0.3, 0.4) is 0 Å². The molecular formula is C21H24ClN3O3. The molecule has 0 spiro atoms. The highest BCUT2D eigenvalue weighted by Gasteiger charge is 2.26. The molecule has 0 aromatic heterocycles. The van der Waals surface area contributed by atoms with Crippen LogP contribution < -0.4 is 16.0 Å². The SMILES string of the molecule is CNC(=O)c1ccc(NC(=O)C(NC(=O)c2ccccc2Cl)C(C)C)c(C)c1. The number of anilines is 1. The number of benzene rings is 2. The maximum Gasteiger partial charge on any atom is 0.253 e. The standard InChI is InChI=1S/C21H24ClN3O3/c1-12(2)18(25-20(27)15-7-5-6-8-16(15)22)21(28)24-17-10-9-14(11-13(17)3)19(26)23-4/h5-12,18H,1-4H3,(H,23,26)(H,24,28)(H,25,27). The number of amides is 3. The monoisotopic (exact) mass is 401 g/mol. The maximum atomic E-state index is 12.8. The van der Waals surface area contributed by atoms with Gasteiger partial charge in [-0.05, 0) is 48.7 Å². The second-order valence-electron chi connectivity index (χ2n) is 6.77. The summed E-state index contributed by atoms with van der Waals surface area (Å²) in [5, 5.41) is 8.46. The zero-order valence-electron chi connectivity index (χ0n) is 16.3. The molecular weight excluding hydrogens is 378 g/mol. The van der Waals surface area contributed by atoms with Gasteiger partial charge in [-0.2, -0.15) is 0 Å². The fourth-order valence-corrected chi connectivity index (χ4v) is 2.92. The van der Waals surface area contributed by atoms with Gasteiger partial charge in [0.1, 0.15) is 6.04 Å². The van der Waals surface area contributed by atoms with Crippen molar-refractivity contribution in [3.8, 4) is 0 Å². The molecule has 6 nitrogen and oxygen atoms in total. The molecule has 2 aromatic rings. The zero-order valence-corrected chi connectivity index (χ0v) is 17.1. The first-order chi connectivity index (χ1) is 13.2. The van der Waals surface area contributed by atoms with Crippen molar-refractivity contribution in [2.45, 2.75) is 26.8 Å². The third-order valence-electron chi connectivity index (χ3n) is 4.33. The van der Waals surface area contributed by atoms with Crippen molar-refractivity contribution in [3.05, 3.63) is 64.2 Å². The number of hydrogen-bond donors (Lipinski definition) is 3. The van der Waals surface area contributed by atoms with E-state index in [-0.39, 0.29) is 17.7 Å². The molecule has 3 N–H and O–H groups in total. The van der Waals surface area contributed by atoms with Gasteiger partial charge in [-0.1, -0.05) is 37.6 Å². The predicted octanol–water partition coefficient (Wildman–Crippen LogP) is 3.40. The molecule has 0 aliphatic heterocycles. The lowest BCUT2D eigenvalue weighted by atomic mass is 10.0. The Kier molecular flexibility index (Phi) is 7.18. The second kappa shape index (κ2) is 9.37. The fraction of sp³-hybridized carbons (Fsp3) is 0.286. The smallest absolute Gasteiger partial charge is 0.253 e. The Morgan fingerprint density at radius 2 is 1.68 bits per heavy atom. The van der Waals surface area contributed by atoms with E-state index in [0.717, 1.165) is 5.56 Å². The van der Waals surface area contributed by atoms with Gasteiger partial charge in [0.2, 0.25) is 5.91 Å². The molecule has 3 amide bonds. The Labute approximate surface area is 169 Å². The molecule has 0 radical (unpaired) electrons. The number of nitrogens with one attached hydrogen (secondary N) is 3. The van der Waals surface area contributed by atoms with E-state index < -0.39 is 11.9 Å². The number of halogens is 1. The molecule has 7 heteroatoms. The summed E-state index contributed by atoms with van der Waals surface area (Å²) in [5.74, 6) is -1.10. The molecule has 0 heterocycles. The predicted molar refractivity (Wildman–Crippen MR) is 111 cm³/mol. The van der Waals surface area contributed by atoms with Gasteiger partial charge >= 0.3 is 0 Å². The van der Waals surface area contributed by atoms with E-state index in [1.54, 1.807) is 56.4 Å². The molecule has 0 aliphatic carbocycles. The second-order valence-corrected chi connectivity index (χ2v) is 7.18. The van der Waals surface area contributed by atoms with Crippen molar-refractivity contribution >= 4 is 35.0 Å². The third-order valence-corrected chi connectivity index (χ3v) is 4.66. The van der Waals surface area contributed by atoms with Crippen LogP contribution in [0.2, 0.25) is 5.02 Å². The highest BCUT2D eigenvalue weighted by Crippen LogP contribution is 2.19. The number of hydrogen-bond acceptors (Lipinski definition) is 3. The van der Waals surface area contributed by atoms with Crippen LogP contribution in [0.1, 0.15) is 40.1 Å². The summed E-state index contributed by atoms with van der Waals surface area (Å²) in [7, 11) is 1.56. The van der Waals surface area contributed by atoms with E-state index in [1.165, 1.54) is 0 Å². The van der Waals surface area contributed by atoms with Gasteiger partial charge in [-0.15, -0.1) is 0 Å². The number of carbonyl (C=O) groups excluding carboxylic acids is 3. The lowest BCUT2D eigenvalue weighted by Gasteiger charge is -2.22. The Morgan fingerprint density at radius 1 is 1.00 bits per heavy atom. The first-order valence-corrected chi connectivity index (χ1v) is 9.31. The van der Waals surface area contributed by atoms with Crippen LogP contribution >= 0.6 is 11.6 Å². The summed E-state index contributed by atoms with van der Waals surface area (Å²) < 4.78 is 0. The molecule has 1 unspecified atom stereocenters. The molecule has 28 heavy (non-hydrogen) atoms. The molecule has 0 saturated carbocycles. The fourth-order valence-electron chi connectivity index (χ4n) is 2.70. The van der Waals surface area contributed by atoms with Gasteiger partial charge in [0.05, 0.1) is 10.6 Å². The topological polar surface area (TPSA) is 87.3 Å². The van der Waals surface area contributed by atoms with Gasteiger partial charge in [-0.3, -0.25) is 14.4 Å². The number of rotatable bonds is 6. The minimum atomic E-state index is -0.748. The van der Waals surface area contributed by atoms with Crippen molar-refractivity contribution in [2.24, 2.45) is 5.92 Å². The molecule has 0 saturated heterocycles. The highest BCUT2D eigenvalue weighted by atomic mass is 35.5. The minimum absolute atomic E-state index is 0.142. The Hall–Kier alpha value is -2.86. The van der Waals surface area contributed by atoms with Crippen LogP contribution in [0.5, 0.6) is 0 Å². The average molecular weight is 402 g/mol. The first kappa shape index (κ1) is 21.4. The van der Waals surface area contributed by atoms with E-state index in [0.29, 0.717) is 21.8 Å². The maximum absolute atomic E-state index is 12.8. The van der Waals surface area contributed by atoms with Crippen LogP contribution in [0.4, 0.5) is 5.69 Å². The van der Waals surface area contributed by atoms with Crippen LogP contribution in [-0.4, -0.2) is 30.8 Å². The number of carbonyl (C=O) groups is 3. The molecule has 0 fully saturated rings. The van der Waals surface area contributed by atoms with Crippen molar-refractivity contribution in [1.29, 1.82) is 0 Å². The Balaban J connectivity index is 2.16. The molecule has 2 aromatic carbocycles. The van der Waals surface area contributed by atoms with E-state index in [1.807, 2.05) is 13.8 Å².